The van der Waals surface area contributed by atoms with Crippen LogP contribution in [0.4, 0.5) is 4.39 Å². The quantitative estimate of drug-likeness (QED) is 0.0948. The van der Waals surface area contributed by atoms with Gasteiger partial charge in [0.2, 0.25) is 5.66 Å². The summed E-state index contributed by atoms with van der Waals surface area (Å²) in [5, 5.41) is 14.0. The van der Waals surface area contributed by atoms with Gasteiger partial charge in [-0.05, 0) is 68.4 Å². The maximum absolute atomic E-state index is 13.8. The molecule has 3 fully saturated rings. The summed E-state index contributed by atoms with van der Waals surface area (Å²) in [6, 6.07) is 5.99. The first-order chi connectivity index (χ1) is 21.6. The van der Waals surface area contributed by atoms with Crippen LogP contribution in [0.5, 0.6) is 0 Å². The van der Waals surface area contributed by atoms with Gasteiger partial charge in [0.1, 0.15) is 18.6 Å². The Balaban J connectivity index is 0.000000354. The van der Waals surface area contributed by atoms with Crippen LogP contribution in [0.3, 0.4) is 0 Å². The van der Waals surface area contributed by atoms with E-state index in [9.17, 15) is 17.6 Å². The van der Waals surface area contributed by atoms with Crippen LogP contribution in [-0.2, 0) is 25.4 Å². The minimum absolute atomic E-state index is 0.0450. The highest BCUT2D eigenvalue weighted by Gasteiger charge is 2.49. The van der Waals surface area contributed by atoms with Gasteiger partial charge >= 0.3 is 0 Å². The number of rotatable bonds is 12. The van der Waals surface area contributed by atoms with E-state index in [1.807, 2.05) is 26.2 Å². The number of halogens is 1. The number of hydroxylamine groups is 1. The van der Waals surface area contributed by atoms with Gasteiger partial charge in [0, 0.05) is 36.2 Å². The lowest BCUT2D eigenvalue weighted by molar-refractivity contribution is -0.138. The number of hydrogen-bond acceptors (Lipinski definition) is 10. The molecule has 2 aromatic rings. The summed E-state index contributed by atoms with van der Waals surface area (Å²) in [7, 11) is -4.02. The Labute approximate surface area is 272 Å². The number of aromatic nitrogens is 3. The Hall–Kier alpha value is -2.92. The molecule has 246 valence electrons. The fraction of sp³-hybridized carbons (Fsp3) is 0.517. The summed E-state index contributed by atoms with van der Waals surface area (Å²) in [5.74, 6) is 0.361. The second-order valence-corrected chi connectivity index (χ2v) is 14.1. The van der Waals surface area contributed by atoms with Crippen molar-refractivity contribution < 1.29 is 27.0 Å². The normalized spacial score (nSPS) is 25.0. The second kappa shape index (κ2) is 16.1. The molecule has 3 atom stereocenters. The van der Waals surface area contributed by atoms with Crippen LogP contribution < -0.4 is 10.8 Å². The van der Waals surface area contributed by atoms with E-state index in [1.54, 1.807) is 45.3 Å². The Bertz CT molecular complexity index is 1470. The van der Waals surface area contributed by atoms with Gasteiger partial charge < -0.3 is 5.32 Å². The summed E-state index contributed by atoms with van der Waals surface area (Å²) < 4.78 is 45.8. The molecule has 12 nitrogen and oxygen atoms in total. The number of carbonyl (C=O) groups excluding carboxylic acids is 1. The van der Waals surface area contributed by atoms with E-state index in [2.05, 4.69) is 31.5 Å². The number of benzene rings is 1. The van der Waals surface area contributed by atoms with Crippen molar-refractivity contribution in [2.75, 3.05) is 19.3 Å². The number of aliphatic imine (C=N–C) groups is 1. The number of nitrogens with zero attached hydrogens (tertiary/aromatic N) is 5. The molecule has 2 heterocycles. The fourth-order valence-electron chi connectivity index (χ4n) is 4.98. The molecule has 1 aliphatic heterocycles. The zero-order chi connectivity index (χ0) is 32.5. The van der Waals surface area contributed by atoms with Crippen molar-refractivity contribution in [2.45, 2.75) is 75.2 Å². The van der Waals surface area contributed by atoms with E-state index in [0.29, 0.717) is 31.8 Å². The van der Waals surface area contributed by atoms with Gasteiger partial charge in [-0.2, -0.15) is 8.42 Å². The van der Waals surface area contributed by atoms with Gasteiger partial charge in [0.15, 0.2) is 0 Å². The molecule has 2 aliphatic carbocycles. The van der Waals surface area contributed by atoms with Gasteiger partial charge in [0.25, 0.3) is 16.0 Å². The Morgan fingerprint density at radius 3 is 2.60 bits per heavy atom. The lowest BCUT2D eigenvalue weighted by Crippen LogP contribution is -2.60. The summed E-state index contributed by atoms with van der Waals surface area (Å²) in [6.45, 7) is 4.75. The van der Waals surface area contributed by atoms with Crippen molar-refractivity contribution >= 4 is 46.1 Å². The lowest BCUT2D eigenvalue weighted by atomic mass is 9.98. The van der Waals surface area contributed by atoms with Crippen molar-refractivity contribution in [1.82, 2.24) is 30.1 Å². The Kier molecular flexibility index (Phi) is 12.5. The van der Waals surface area contributed by atoms with Crippen molar-refractivity contribution in [2.24, 2.45) is 10.9 Å². The number of nitrogens with one attached hydrogen (secondary N) is 2. The van der Waals surface area contributed by atoms with E-state index in [1.165, 1.54) is 43.3 Å². The maximum Gasteiger partial charge on any atom is 0.294 e. The molecule has 3 N–H and O–H groups in total. The summed E-state index contributed by atoms with van der Waals surface area (Å²) in [6.07, 6.45) is 13.0. The molecule has 0 radical (unpaired) electrons. The number of aryl methyl sites for hydroxylation is 1. The third kappa shape index (κ3) is 9.54. The summed E-state index contributed by atoms with van der Waals surface area (Å²) in [4.78, 5) is 24.1. The summed E-state index contributed by atoms with van der Waals surface area (Å²) in [5.41, 5.74) is 3.52. The molecule has 1 aromatic heterocycles. The molecular formula is C29H40FN7O5S3. The fourth-order valence-corrected chi connectivity index (χ4v) is 7.03. The Morgan fingerprint density at radius 1 is 1.31 bits per heavy atom. The van der Waals surface area contributed by atoms with Gasteiger partial charge in [-0.3, -0.25) is 29.0 Å². The minimum atomic E-state index is -4.02. The third-order valence-corrected chi connectivity index (χ3v) is 10.0. The van der Waals surface area contributed by atoms with E-state index in [-0.39, 0.29) is 16.9 Å². The van der Waals surface area contributed by atoms with Crippen molar-refractivity contribution in [3.63, 3.8) is 0 Å². The zero-order valence-electron chi connectivity index (χ0n) is 25.5. The number of carbonyl (C=O) groups is 1. The third-order valence-electron chi connectivity index (χ3n) is 7.49. The second-order valence-electron chi connectivity index (χ2n) is 10.9. The molecule has 16 heteroatoms. The van der Waals surface area contributed by atoms with Crippen LogP contribution in [-0.4, -0.2) is 76.1 Å². The van der Waals surface area contributed by atoms with Crippen molar-refractivity contribution in [1.29, 1.82) is 0 Å². The van der Waals surface area contributed by atoms with Crippen LogP contribution in [0.25, 0.3) is 0 Å². The number of hydrogen-bond donors (Lipinski definition) is 3. The highest BCUT2D eigenvalue weighted by atomic mass is 32.2. The van der Waals surface area contributed by atoms with Gasteiger partial charge in [-0.1, -0.05) is 41.8 Å². The first-order valence-electron chi connectivity index (χ1n) is 14.7. The molecular weight excluding hydrogens is 642 g/mol. The van der Waals surface area contributed by atoms with E-state index >= 15 is 0 Å². The molecule has 1 saturated heterocycles. The van der Waals surface area contributed by atoms with Crippen molar-refractivity contribution in [3.8, 4) is 0 Å². The van der Waals surface area contributed by atoms with Crippen LogP contribution in [0.1, 0.15) is 51.0 Å². The molecule has 3 unspecified atom stereocenters. The highest BCUT2D eigenvalue weighted by molar-refractivity contribution is 8.01. The average molecular weight is 682 g/mol. The van der Waals surface area contributed by atoms with Crippen LogP contribution in [0.2, 0.25) is 0 Å². The van der Waals surface area contributed by atoms with Crippen LogP contribution in [0, 0.1) is 12.8 Å². The van der Waals surface area contributed by atoms with Crippen molar-refractivity contribution in [3.05, 3.63) is 64.3 Å². The van der Waals surface area contributed by atoms with E-state index in [4.69, 9.17) is 9.39 Å². The predicted octanol–water partition coefficient (Wildman–Crippen LogP) is 4.60. The SMILES string of the molecule is CCN1SC(=CCN=CNOC2CC2F)CC(NC(=CSC)C2CCCC2)(n2ccnn2)C1=O.Cc1ccc(S(=O)(=O)O)cc1. The van der Waals surface area contributed by atoms with Gasteiger partial charge in [-0.25, -0.2) is 9.07 Å². The van der Waals surface area contributed by atoms with Crippen LogP contribution >= 0.6 is 23.7 Å². The number of allylic oxidation sites excluding steroid dienone is 1. The molecule has 1 amide bonds. The van der Waals surface area contributed by atoms with E-state index in [0.717, 1.165) is 29.0 Å². The van der Waals surface area contributed by atoms with E-state index < -0.39 is 22.0 Å². The molecule has 1 aromatic carbocycles. The maximum atomic E-state index is 13.8. The number of alkyl halides is 1. The number of thioether (sulfide) groups is 1. The Morgan fingerprint density at radius 2 is 2.02 bits per heavy atom. The zero-order valence-corrected chi connectivity index (χ0v) is 28.0. The predicted molar refractivity (Wildman–Crippen MR) is 174 cm³/mol. The molecule has 2 saturated carbocycles. The smallest absolute Gasteiger partial charge is 0.294 e. The molecule has 5 rings (SSSR count). The van der Waals surface area contributed by atoms with Gasteiger partial charge in [0.05, 0.1) is 17.6 Å². The lowest BCUT2D eigenvalue weighted by Gasteiger charge is -2.43. The standard InChI is InChI=1S/C22H32FN7O2S2.C7H8O3S/c1-3-29-21(31)22(30-11-10-25-28-30,27-19(14-33-2)16-6-4-5-7-16)13-17(34-29)8-9-24-15-26-32-20-12-18(20)23;1-6-2-4-7(5-3-6)11(8,9)10/h8,10-11,14-16,18,20,27H,3-7,9,12-13H2,1-2H3,(H,24,26);2-5H,1H3,(H,8,9,10). The van der Waals surface area contributed by atoms with Crippen LogP contribution in [0.15, 0.2) is 68.6 Å². The summed E-state index contributed by atoms with van der Waals surface area (Å²) >= 11 is 3.08. The number of amides is 1. The average Bonchev–Trinajstić information content (AvgIpc) is 3.43. The minimum Gasteiger partial charge on any atom is -0.356 e. The first kappa shape index (κ1) is 34.9. The molecule has 0 bridgehead atoms. The monoisotopic (exact) mass is 681 g/mol. The first-order valence-corrected chi connectivity index (χ1v) is 18.2. The molecule has 3 aliphatic rings. The van der Waals surface area contributed by atoms with Gasteiger partial charge in [-0.15, -0.1) is 16.9 Å². The highest BCUT2D eigenvalue weighted by Crippen LogP contribution is 2.42. The number of likely N-dealkylation sites (N-methyl/N-ethyl adjacent to an activating group) is 1. The molecule has 0 spiro atoms. The molecule has 45 heavy (non-hydrogen) atoms. The topological polar surface area (TPSA) is 151 Å². The largest absolute Gasteiger partial charge is 0.356 e.